The van der Waals surface area contributed by atoms with Crippen LogP contribution in [-0.4, -0.2) is 28.7 Å². The van der Waals surface area contributed by atoms with Gasteiger partial charge in [0.15, 0.2) is 0 Å². The zero-order chi connectivity index (χ0) is 21.3. The Morgan fingerprint density at radius 3 is 2.27 bits per heavy atom. The molecule has 5 heteroatoms. The number of hydrogen-bond donors (Lipinski definition) is 1. The molecule has 2 aliphatic rings. The summed E-state index contributed by atoms with van der Waals surface area (Å²) in [5.74, 6) is -0.671. The molecule has 2 aliphatic heterocycles. The largest absolute Gasteiger partial charge is 0.322 e. The minimum absolute atomic E-state index is 0.0792. The van der Waals surface area contributed by atoms with E-state index in [0.29, 0.717) is 19.4 Å². The van der Waals surface area contributed by atoms with Crippen LogP contribution in [0.4, 0.5) is 0 Å². The molecule has 1 saturated heterocycles. The molecule has 0 aliphatic carbocycles. The summed E-state index contributed by atoms with van der Waals surface area (Å²) in [6, 6.07) is 5.41. The summed E-state index contributed by atoms with van der Waals surface area (Å²) in [6.45, 7) is 2.73. The molecule has 1 unspecified atom stereocenters. The lowest BCUT2D eigenvalue weighted by atomic mass is 9.97. The van der Waals surface area contributed by atoms with E-state index in [0.717, 1.165) is 24.0 Å². The normalized spacial score (nSPS) is 18.6. The van der Waals surface area contributed by atoms with Gasteiger partial charge in [0, 0.05) is 18.5 Å². The van der Waals surface area contributed by atoms with E-state index in [1.54, 1.807) is 4.90 Å². The number of rotatable bonds is 12. The molecule has 1 aromatic carbocycles. The first kappa shape index (κ1) is 22.5. The fourth-order valence-electron chi connectivity index (χ4n) is 4.69. The zero-order valence-corrected chi connectivity index (χ0v) is 18.4. The second-order valence-corrected chi connectivity index (χ2v) is 8.78. The van der Waals surface area contributed by atoms with Gasteiger partial charge < -0.3 is 4.90 Å². The molecule has 1 atom stereocenters. The molecular weight excluding hydrogens is 376 g/mol. The number of piperidine rings is 1. The number of carbonyl (C=O) groups excluding carboxylic acids is 3. The van der Waals surface area contributed by atoms with Gasteiger partial charge in [-0.3, -0.25) is 19.7 Å². The van der Waals surface area contributed by atoms with Gasteiger partial charge in [0.25, 0.3) is 5.91 Å². The Morgan fingerprint density at radius 2 is 1.60 bits per heavy atom. The lowest BCUT2D eigenvalue weighted by Gasteiger charge is -2.29. The zero-order valence-electron chi connectivity index (χ0n) is 18.4. The predicted molar refractivity (Wildman–Crippen MR) is 118 cm³/mol. The molecular formula is C25H36N2O3. The number of nitrogens with zero attached hydrogens (tertiary/aromatic N) is 1. The molecule has 0 aromatic heterocycles. The average molecular weight is 413 g/mol. The number of fused-ring (bicyclic) bond motifs is 1. The van der Waals surface area contributed by atoms with Crippen LogP contribution >= 0.6 is 0 Å². The van der Waals surface area contributed by atoms with Gasteiger partial charge in [-0.1, -0.05) is 76.8 Å². The highest BCUT2D eigenvalue weighted by molar-refractivity contribution is 6.05. The fourth-order valence-corrected chi connectivity index (χ4v) is 4.69. The molecule has 5 nitrogen and oxygen atoms in total. The van der Waals surface area contributed by atoms with Crippen LogP contribution in [0.3, 0.4) is 0 Å². The average Bonchev–Trinajstić information content (AvgIpc) is 3.07. The number of carbonyl (C=O) groups is 3. The molecule has 1 fully saturated rings. The Hall–Kier alpha value is -2.17. The van der Waals surface area contributed by atoms with E-state index in [2.05, 4.69) is 18.3 Å². The van der Waals surface area contributed by atoms with Crippen LogP contribution in [0.2, 0.25) is 0 Å². The lowest BCUT2D eigenvalue weighted by molar-refractivity contribution is -0.136. The van der Waals surface area contributed by atoms with E-state index >= 15 is 0 Å². The highest BCUT2D eigenvalue weighted by Crippen LogP contribution is 2.30. The number of aryl methyl sites for hydroxylation is 1. The summed E-state index contributed by atoms with van der Waals surface area (Å²) < 4.78 is 0. The number of nitrogens with one attached hydrogen (secondary N) is 1. The van der Waals surface area contributed by atoms with Gasteiger partial charge in [-0.05, 0) is 36.5 Å². The first-order chi connectivity index (χ1) is 14.6. The highest BCUT2D eigenvalue weighted by Gasteiger charge is 2.39. The molecule has 164 valence electrons. The molecule has 0 spiro atoms. The van der Waals surface area contributed by atoms with Crippen LogP contribution in [-0.2, 0) is 22.6 Å². The Balaban J connectivity index is 1.45. The molecule has 0 bridgehead atoms. The van der Waals surface area contributed by atoms with Crippen molar-refractivity contribution in [1.29, 1.82) is 0 Å². The molecule has 30 heavy (non-hydrogen) atoms. The Bertz CT molecular complexity index is 759. The number of hydrogen-bond acceptors (Lipinski definition) is 3. The predicted octanol–water partition coefficient (Wildman–Crippen LogP) is 4.91. The van der Waals surface area contributed by atoms with Gasteiger partial charge in [0.05, 0.1) is 0 Å². The molecule has 1 aromatic rings. The van der Waals surface area contributed by atoms with Crippen molar-refractivity contribution in [2.75, 3.05) is 0 Å². The third-order valence-corrected chi connectivity index (χ3v) is 6.48. The third-order valence-electron chi connectivity index (χ3n) is 6.48. The first-order valence-corrected chi connectivity index (χ1v) is 11.9. The second kappa shape index (κ2) is 11.3. The summed E-state index contributed by atoms with van der Waals surface area (Å²) in [6.07, 6.45) is 14.8. The van der Waals surface area contributed by atoms with Gasteiger partial charge in [-0.25, -0.2) is 0 Å². The van der Waals surface area contributed by atoms with Crippen LogP contribution in [0.15, 0.2) is 18.2 Å². The molecule has 0 saturated carbocycles. The second-order valence-electron chi connectivity index (χ2n) is 8.78. The van der Waals surface area contributed by atoms with E-state index < -0.39 is 6.04 Å². The van der Waals surface area contributed by atoms with E-state index in [4.69, 9.17) is 0 Å². The van der Waals surface area contributed by atoms with Gasteiger partial charge in [0.1, 0.15) is 6.04 Å². The molecule has 3 rings (SSSR count). The van der Waals surface area contributed by atoms with Gasteiger partial charge >= 0.3 is 0 Å². The van der Waals surface area contributed by atoms with Crippen molar-refractivity contribution < 1.29 is 14.4 Å². The Morgan fingerprint density at radius 1 is 0.933 bits per heavy atom. The SMILES string of the molecule is CCCCCCCCCCCCc1cccc2c1CN(C1CCC(=O)NC1=O)C2=O. The fraction of sp³-hybridized carbons (Fsp3) is 0.640. The quantitative estimate of drug-likeness (QED) is 0.392. The summed E-state index contributed by atoms with van der Waals surface area (Å²) in [4.78, 5) is 38.2. The van der Waals surface area contributed by atoms with E-state index in [-0.39, 0.29) is 17.7 Å². The van der Waals surface area contributed by atoms with Crippen molar-refractivity contribution in [2.45, 2.75) is 103 Å². The van der Waals surface area contributed by atoms with Gasteiger partial charge in [0.2, 0.25) is 11.8 Å². The van der Waals surface area contributed by atoms with Crippen LogP contribution < -0.4 is 5.32 Å². The van der Waals surface area contributed by atoms with Crippen molar-refractivity contribution in [3.8, 4) is 0 Å². The van der Waals surface area contributed by atoms with Crippen LogP contribution in [0.5, 0.6) is 0 Å². The number of amides is 3. The van der Waals surface area contributed by atoms with Crippen molar-refractivity contribution in [3.63, 3.8) is 0 Å². The van der Waals surface area contributed by atoms with Gasteiger partial charge in [-0.15, -0.1) is 0 Å². The maximum absolute atomic E-state index is 12.9. The van der Waals surface area contributed by atoms with Crippen molar-refractivity contribution in [1.82, 2.24) is 10.2 Å². The lowest BCUT2D eigenvalue weighted by Crippen LogP contribution is -2.52. The third kappa shape index (κ3) is 5.71. The summed E-state index contributed by atoms with van der Waals surface area (Å²) in [7, 11) is 0. The number of unbranched alkanes of at least 4 members (excludes halogenated alkanes) is 9. The Labute approximate surface area is 180 Å². The maximum atomic E-state index is 12.9. The summed E-state index contributed by atoms with van der Waals surface area (Å²) in [5, 5.41) is 2.37. The topological polar surface area (TPSA) is 66.5 Å². The maximum Gasteiger partial charge on any atom is 0.255 e. The monoisotopic (exact) mass is 412 g/mol. The molecule has 2 heterocycles. The van der Waals surface area contributed by atoms with E-state index in [1.165, 1.54) is 63.4 Å². The summed E-state index contributed by atoms with van der Waals surface area (Å²) in [5.41, 5.74) is 3.03. The molecule has 0 radical (unpaired) electrons. The van der Waals surface area contributed by atoms with Gasteiger partial charge in [-0.2, -0.15) is 0 Å². The standard InChI is InChI=1S/C25H36N2O3/c1-2-3-4-5-6-7-8-9-10-11-13-19-14-12-15-20-21(19)18-27(25(20)30)22-16-17-23(28)26-24(22)29/h12,14-15,22H,2-11,13,16-18H2,1H3,(H,26,28,29). The van der Waals surface area contributed by atoms with E-state index in [1.807, 2.05) is 12.1 Å². The van der Waals surface area contributed by atoms with Crippen LogP contribution in [0.1, 0.15) is 105 Å². The smallest absolute Gasteiger partial charge is 0.255 e. The minimum atomic E-state index is -0.534. The molecule has 3 amide bonds. The van der Waals surface area contributed by atoms with Crippen molar-refractivity contribution in [2.24, 2.45) is 0 Å². The minimum Gasteiger partial charge on any atom is -0.322 e. The van der Waals surface area contributed by atoms with Crippen molar-refractivity contribution in [3.05, 3.63) is 34.9 Å². The number of imide groups is 1. The van der Waals surface area contributed by atoms with E-state index in [9.17, 15) is 14.4 Å². The number of benzene rings is 1. The highest BCUT2D eigenvalue weighted by atomic mass is 16.2. The summed E-state index contributed by atoms with van der Waals surface area (Å²) >= 11 is 0. The van der Waals surface area contributed by atoms with Crippen LogP contribution in [0.25, 0.3) is 0 Å². The Kier molecular flexibility index (Phi) is 8.47. The molecule has 1 N–H and O–H groups in total. The first-order valence-electron chi connectivity index (χ1n) is 11.9. The van der Waals surface area contributed by atoms with Crippen LogP contribution in [0, 0.1) is 0 Å². The van der Waals surface area contributed by atoms with Crippen molar-refractivity contribution >= 4 is 17.7 Å².